The van der Waals surface area contributed by atoms with Gasteiger partial charge in [0.15, 0.2) is 0 Å². The normalized spacial score (nSPS) is 11.1. The summed E-state index contributed by atoms with van der Waals surface area (Å²) in [6.07, 6.45) is 0.507. The minimum atomic E-state index is -0.359. The van der Waals surface area contributed by atoms with E-state index < -0.39 is 0 Å². The van der Waals surface area contributed by atoms with E-state index in [4.69, 9.17) is 0 Å². The van der Waals surface area contributed by atoms with Gasteiger partial charge in [0, 0.05) is 39.0 Å². The maximum Gasteiger partial charge on any atom is 0.227 e. The number of carbonyl (C=O) groups excluding carboxylic acids is 2. The SMILES string of the molecule is CCC(=O)N(C)CCN(C)C(=O)C(C)(C)C. The highest BCUT2D eigenvalue weighted by Gasteiger charge is 2.24. The predicted octanol–water partition coefficient (Wildman–Crippen LogP) is 1.36. The summed E-state index contributed by atoms with van der Waals surface area (Å²) in [5.74, 6) is 0.210. The predicted molar refractivity (Wildman–Crippen MR) is 65.0 cm³/mol. The Morgan fingerprint density at radius 3 is 1.81 bits per heavy atom. The summed E-state index contributed by atoms with van der Waals surface area (Å²) in [5.41, 5.74) is -0.359. The zero-order chi connectivity index (χ0) is 12.9. The molecule has 0 unspecified atom stereocenters. The van der Waals surface area contributed by atoms with Gasteiger partial charge in [0.2, 0.25) is 11.8 Å². The van der Waals surface area contributed by atoms with Crippen LogP contribution >= 0.6 is 0 Å². The third-order valence-electron chi connectivity index (χ3n) is 2.49. The first-order valence-electron chi connectivity index (χ1n) is 5.69. The third-order valence-corrected chi connectivity index (χ3v) is 2.49. The van der Waals surface area contributed by atoms with Gasteiger partial charge in [0.05, 0.1) is 0 Å². The van der Waals surface area contributed by atoms with Gasteiger partial charge in [-0.15, -0.1) is 0 Å². The van der Waals surface area contributed by atoms with Crippen molar-refractivity contribution in [2.24, 2.45) is 5.41 Å². The summed E-state index contributed by atoms with van der Waals surface area (Å²) >= 11 is 0. The molecule has 0 saturated carbocycles. The van der Waals surface area contributed by atoms with Crippen molar-refractivity contribution in [2.75, 3.05) is 27.2 Å². The van der Waals surface area contributed by atoms with Crippen molar-refractivity contribution in [3.05, 3.63) is 0 Å². The lowest BCUT2D eigenvalue weighted by atomic mass is 9.95. The van der Waals surface area contributed by atoms with E-state index in [-0.39, 0.29) is 17.2 Å². The van der Waals surface area contributed by atoms with Gasteiger partial charge in [-0.25, -0.2) is 0 Å². The molecule has 4 heteroatoms. The Labute approximate surface area is 98.6 Å². The summed E-state index contributed by atoms with van der Waals surface area (Å²) in [7, 11) is 3.54. The van der Waals surface area contributed by atoms with Gasteiger partial charge in [0.25, 0.3) is 0 Å². The number of amides is 2. The fourth-order valence-corrected chi connectivity index (χ4v) is 1.37. The number of carbonyl (C=O) groups is 2. The summed E-state index contributed by atoms with van der Waals surface area (Å²) < 4.78 is 0. The molecule has 0 radical (unpaired) electrons. The van der Waals surface area contributed by atoms with Gasteiger partial charge in [-0.1, -0.05) is 27.7 Å². The zero-order valence-corrected chi connectivity index (χ0v) is 11.3. The van der Waals surface area contributed by atoms with Crippen LogP contribution in [0.4, 0.5) is 0 Å². The van der Waals surface area contributed by atoms with Crippen LogP contribution in [0.3, 0.4) is 0 Å². The van der Waals surface area contributed by atoms with Crippen molar-refractivity contribution in [3.8, 4) is 0 Å². The Morgan fingerprint density at radius 1 is 1.00 bits per heavy atom. The molecule has 0 aromatic carbocycles. The Hall–Kier alpha value is -1.06. The minimum absolute atomic E-state index is 0.102. The molecule has 94 valence electrons. The molecule has 2 amide bonds. The molecular formula is C12H24N2O2. The number of rotatable bonds is 4. The number of likely N-dealkylation sites (N-methyl/N-ethyl adjacent to an activating group) is 2. The van der Waals surface area contributed by atoms with E-state index in [9.17, 15) is 9.59 Å². The molecule has 16 heavy (non-hydrogen) atoms. The van der Waals surface area contributed by atoms with E-state index in [2.05, 4.69) is 0 Å². The molecule has 4 nitrogen and oxygen atoms in total. The van der Waals surface area contributed by atoms with Gasteiger partial charge >= 0.3 is 0 Å². The van der Waals surface area contributed by atoms with Crippen molar-refractivity contribution in [3.63, 3.8) is 0 Å². The molecule has 0 aliphatic heterocycles. The zero-order valence-electron chi connectivity index (χ0n) is 11.3. The van der Waals surface area contributed by atoms with Crippen molar-refractivity contribution in [1.29, 1.82) is 0 Å². The Kier molecular flexibility index (Phi) is 5.48. The van der Waals surface area contributed by atoms with Crippen LogP contribution in [-0.4, -0.2) is 48.8 Å². The molecule has 0 heterocycles. The van der Waals surface area contributed by atoms with Crippen molar-refractivity contribution < 1.29 is 9.59 Å². The molecule has 0 N–H and O–H groups in total. The molecule has 0 atom stereocenters. The van der Waals surface area contributed by atoms with Gasteiger partial charge in [0.1, 0.15) is 0 Å². The average molecular weight is 228 g/mol. The van der Waals surface area contributed by atoms with Crippen LogP contribution in [-0.2, 0) is 9.59 Å². The summed E-state index contributed by atoms with van der Waals surface area (Å²) in [6, 6.07) is 0. The lowest BCUT2D eigenvalue weighted by Crippen LogP contribution is -2.41. The quantitative estimate of drug-likeness (QED) is 0.729. The van der Waals surface area contributed by atoms with Crippen molar-refractivity contribution in [2.45, 2.75) is 34.1 Å². The van der Waals surface area contributed by atoms with Crippen LogP contribution < -0.4 is 0 Å². The summed E-state index contributed by atoms with van der Waals surface area (Å²) in [6.45, 7) is 8.69. The molecule has 0 rings (SSSR count). The second kappa shape index (κ2) is 5.87. The van der Waals surface area contributed by atoms with Crippen LogP contribution in [0, 0.1) is 5.41 Å². The molecule has 0 aromatic heterocycles. The summed E-state index contributed by atoms with van der Waals surface area (Å²) in [5, 5.41) is 0. The fraction of sp³-hybridized carbons (Fsp3) is 0.833. The van der Waals surface area contributed by atoms with Gasteiger partial charge in [-0.3, -0.25) is 9.59 Å². The molecular weight excluding hydrogens is 204 g/mol. The second-order valence-electron chi connectivity index (χ2n) is 5.15. The van der Waals surface area contributed by atoms with Crippen LogP contribution in [0.25, 0.3) is 0 Å². The van der Waals surface area contributed by atoms with Crippen LogP contribution in [0.15, 0.2) is 0 Å². The molecule has 0 spiro atoms. The summed E-state index contributed by atoms with van der Waals surface area (Å²) in [4.78, 5) is 26.5. The van der Waals surface area contributed by atoms with Crippen molar-refractivity contribution in [1.82, 2.24) is 9.80 Å². The first-order valence-corrected chi connectivity index (χ1v) is 5.69. The third kappa shape index (κ3) is 4.64. The Bertz CT molecular complexity index is 256. The van der Waals surface area contributed by atoms with E-state index in [1.165, 1.54) is 0 Å². The van der Waals surface area contributed by atoms with E-state index >= 15 is 0 Å². The van der Waals surface area contributed by atoms with Crippen LogP contribution in [0.5, 0.6) is 0 Å². The number of nitrogens with zero attached hydrogens (tertiary/aromatic N) is 2. The minimum Gasteiger partial charge on any atom is -0.344 e. The van der Waals surface area contributed by atoms with E-state index in [1.807, 2.05) is 27.7 Å². The number of hydrogen-bond donors (Lipinski definition) is 0. The first kappa shape index (κ1) is 14.9. The van der Waals surface area contributed by atoms with Crippen LogP contribution in [0.2, 0.25) is 0 Å². The van der Waals surface area contributed by atoms with Crippen molar-refractivity contribution >= 4 is 11.8 Å². The molecule has 0 aliphatic rings. The highest BCUT2D eigenvalue weighted by Crippen LogP contribution is 2.16. The monoisotopic (exact) mass is 228 g/mol. The van der Waals surface area contributed by atoms with Gasteiger partial charge in [-0.05, 0) is 0 Å². The maximum atomic E-state index is 11.8. The molecule has 0 aromatic rings. The Balaban J connectivity index is 4.13. The Morgan fingerprint density at radius 2 is 1.44 bits per heavy atom. The molecule has 0 bridgehead atoms. The maximum absolute atomic E-state index is 11.8. The lowest BCUT2D eigenvalue weighted by Gasteiger charge is -2.27. The molecule has 0 fully saturated rings. The highest BCUT2D eigenvalue weighted by molar-refractivity contribution is 5.81. The highest BCUT2D eigenvalue weighted by atomic mass is 16.2. The van der Waals surface area contributed by atoms with E-state index in [0.29, 0.717) is 19.5 Å². The topological polar surface area (TPSA) is 40.6 Å². The lowest BCUT2D eigenvalue weighted by molar-refractivity contribution is -0.139. The standard InChI is InChI=1S/C12H24N2O2/c1-7-10(15)13(5)8-9-14(6)11(16)12(2,3)4/h7-9H2,1-6H3. The average Bonchev–Trinajstić information content (AvgIpc) is 2.21. The molecule has 0 saturated heterocycles. The second-order valence-corrected chi connectivity index (χ2v) is 5.15. The smallest absolute Gasteiger partial charge is 0.227 e. The van der Waals surface area contributed by atoms with Crippen LogP contribution in [0.1, 0.15) is 34.1 Å². The van der Waals surface area contributed by atoms with Gasteiger partial charge < -0.3 is 9.80 Å². The van der Waals surface area contributed by atoms with Gasteiger partial charge in [-0.2, -0.15) is 0 Å². The fourth-order valence-electron chi connectivity index (χ4n) is 1.37. The number of hydrogen-bond acceptors (Lipinski definition) is 2. The van der Waals surface area contributed by atoms with E-state index in [0.717, 1.165) is 0 Å². The molecule has 0 aliphatic carbocycles. The largest absolute Gasteiger partial charge is 0.344 e. The van der Waals surface area contributed by atoms with E-state index in [1.54, 1.807) is 23.9 Å². The first-order chi connectivity index (χ1) is 7.20.